The van der Waals surface area contributed by atoms with Gasteiger partial charge in [-0.3, -0.25) is 4.79 Å². The van der Waals surface area contributed by atoms with Crippen molar-refractivity contribution in [3.8, 4) is 0 Å². The summed E-state index contributed by atoms with van der Waals surface area (Å²) in [6.07, 6.45) is 2.04. The minimum Gasteiger partial charge on any atom is -0.338 e. The topological polar surface area (TPSA) is 80.5 Å². The summed E-state index contributed by atoms with van der Waals surface area (Å²) in [6.45, 7) is 4.36. The quantitative estimate of drug-likeness (QED) is 0.764. The van der Waals surface area contributed by atoms with Gasteiger partial charge in [-0.05, 0) is 19.8 Å². The van der Waals surface area contributed by atoms with Crippen molar-refractivity contribution in [2.75, 3.05) is 18.1 Å². The van der Waals surface area contributed by atoms with Crippen LogP contribution in [0.4, 0.5) is 0 Å². The molecule has 6 heteroatoms. The maximum absolute atomic E-state index is 12.1. The highest BCUT2D eigenvalue weighted by Crippen LogP contribution is 2.18. The van der Waals surface area contributed by atoms with Crippen molar-refractivity contribution < 1.29 is 13.2 Å². The Balaban J connectivity index is 2.69. The van der Waals surface area contributed by atoms with E-state index in [4.69, 9.17) is 5.73 Å². The van der Waals surface area contributed by atoms with Crippen LogP contribution in [0.5, 0.6) is 0 Å². The van der Waals surface area contributed by atoms with E-state index in [2.05, 4.69) is 0 Å². The molecule has 17 heavy (non-hydrogen) atoms. The van der Waals surface area contributed by atoms with Crippen LogP contribution in [0.1, 0.15) is 33.1 Å². The summed E-state index contributed by atoms with van der Waals surface area (Å²) >= 11 is 0. The normalized spacial score (nSPS) is 24.5. The van der Waals surface area contributed by atoms with Gasteiger partial charge in [0.15, 0.2) is 9.84 Å². The lowest BCUT2D eigenvalue weighted by Crippen LogP contribution is -2.49. The van der Waals surface area contributed by atoms with Crippen molar-refractivity contribution >= 4 is 15.7 Å². The SMILES string of the molecule is CCC[C@@H](N)C(=O)N(CC)C1CCS(=O)(=O)C1. The van der Waals surface area contributed by atoms with Crippen LogP contribution in [0, 0.1) is 0 Å². The number of likely N-dealkylation sites (N-methyl/N-ethyl adjacent to an activating group) is 1. The number of hydrogen-bond donors (Lipinski definition) is 1. The lowest BCUT2D eigenvalue weighted by atomic mass is 10.1. The molecule has 100 valence electrons. The van der Waals surface area contributed by atoms with Gasteiger partial charge in [0.25, 0.3) is 0 Å². The molecule has 1 rings (SSSR count). The van der Waals surface area contributed by atoms with Gasteiger partial charge in [0.05, 0.1) is 17.5 Å². The van der Waals surface area contributed by atoms with Crippen LogP contribution < -0.4 is 5.73 Å². The number of sulfone groups is 1. The maximum Gasteiger partial charge on any atom is 0.239 e. The largest absolute Gasteiger partial charge is 0.338 e. The molecule has 0 aromatic carbocycles. The monoisotopic (exact) mass is 262 g/mol. The van der Waals surface area contributed by atoms with Gasteiger partial charge in [-0.15, -0.1) is 0 Å². The highest BCUT2D eigenvalue weighted by molar-refractivity contribution is 7.91. The van der Waals surface area contributed by atoms with E-state index in [0.717, 1.165) is 6.42 Å². The Morgan fingerprint density at radius 3 is 2.53 bits per heavy atom. The number of nitrogens with zero attached hydrogens (tertiary/aromatic N) is 1. The van der Waals surface area contributed by atoms with Crippen molar-refractivity contribution in [1.82, 2.24) is 4.90 Å². The molecule has 1 aliphatic rings. The van der Waals surface area contributed by atoms with Crippen molar-refractivity contribution in [3.05, 3.63) is 0 Å². The van der Waals surface area contributed by atoms with Crippen LogP contribution in [0.25, 0.3) is 0 Å². The number of rotatable bonds is 5. The Labute approximate surface area is 103 Å². The summed E-state index contributed by atoms with van der Waals surface area (Å²) in [5.74, 6) is 0.159. The Kier molecular flexibility index (Phi) is 4.94. The van der Waals surface area contributed by atoms with E-state index in [1.54, 1.807) is 4.90 Å². The van der Waals surface area contributed by atoms with E-state index in [9.17, 15) is 13.2 Å². The zero-order valence-corrected chi connectivity index (χ0v) is 11.4. The number of carbonyl (C=O) groups excluding carboxylic acids is 1. The fraction of sp³-hybridized carbons (Fsp3) is 0.909. The Bertz CT molecular complexity index is 367. The van der Waals surface area contributed by atoms with E-state index >= 15 is 0 Å². The fourth-order valence-corrected chi connectivity index (χ4v) is 3.99. The van der Waals surface area contributed by atoms with Crippen molar-refractivity contribution in [2.45, 2.75) is 45.2 Å². The summed E-state index contributed by atoms with van der Waals surface area (Å²) in [7, 11) is -2.96. The molecule has 1 aliphatic heterocycles. The summed E-state index contributed by atoms with van der Waals surface area (Å²) in [5.41, 5.74) is 5.80. The van der Waals surface area contributed by atoms with Gasteiger partial charge < -0.3 is 10.6 Å². The van der Waals surface area contributed by atoms with E-state index in [1.807, 2.05) is 13.8 Å². The second-order valence-corrected chi connectivity index (χ2v) is 6.81. The fourth-order valence-electron chi connectivity index (χ4n) is 2.26. The van der Waals surface area contributed by atoms with Gasteiger partial charge in [-0.2, -0.15) is 0 Å². The molecular formula is C11H22N2O3S. The number of hydrogen-bond acceptors (Lipinski definition) is 4. The van der Waals surface area contributed by atoms with Crippen molar-refractivity contribution in [1.29, 1.82) is 0 Å². The molecule has 2 atom stereocenters. The molecule has 2 N–H and O–H groups in total. The van der Waals surface area contributed by atoms with Crippen LogP contribution in [-0.4, -0.2) is 49.4 Å². The molecule has 0 saturated carbocycles. The average molecular weight is 262 g/mol. The van der Waals surface area contributed by atoms with Crippen LogP contribution in [0.15, 0.2) is 0 Å². The predicted octanol–water partition coefficient (Wildman–Crippen LogP) is 0.149. The zero-order chi connectivity index (χ0) is 13.1. The molecule has 0 radical (unpaired) electrons. The van der Waals surface area contributed by atoms with Gasteiger partial charge >= 0.3 is 0 Å². The molecule has 0 aromatic heterocycles. The highest BCUT2D eigenvalue weighted by Gasteiger charge is 2.35. The van der Waals surface area contributed by atoms with Crippen LogP contribution in [0.3, 0.4) is 0 Å². The second kappa shape index (κ2) is 5.82. The molecule has 0 bridgehead atoms. The first-order chi connectivity index (χ1) is 7.91. The summed E-state index contributed by atoms with van der Waals surface area (Å²) in [6, 6.07) is -0.677. The van der Waals surface area contributed by atoms with Crippen LogP contribution in [0.2, 0.25) is 0 Å². The van der Waals surface area contributed by atoms with Crippen molar-refractivity contribution in [2.24, 2.45) is 5.73 Å². The summed E-state index contributed by atoms with van der Waals surface area (Å²) in [4.78, 5) is 13.7. The standard InChI is InChI=1S/C11H22N2O3S/c1-3-5-10(12)11(14)13(4-2)9-6-7-17(15,16)8-9/h9-10H,3-8,12H2,1-2H3/t9?,10-/m1/s1. The predicted molar refractivity (Wildman–Crippen MR) is 67.3 cm³/mol. The van der Waals surface area contributed by atoms with Gasteiger partial charge in [-0.25, -0.2) is 8.42 Å². The lowest BCUT2D eigenvalue weighted by molar-refractivity contribution is -0.134. The number of nitrogens with two attached hydrogens (primary N) is 1. The molecule has 1 heterocycles. The second-order valence-electron chi connectivity index (χ2n) is 4.58. The first-order valence-corrected chi connectivity index (χ1v) is 8.00. The number of carbonyl (C=O) groups is 1. The molecule has 0 aliphatic carbocycles. The van der Waals surface area contributed by atoms with Crippen molar-refractivity contribution in [3.63, 3.8) is 0 Å². The molecule has 0 spiro atoms. The van der Waals surface area contributed by atoms with Crippen LogP contribution in [-0.2, 0) is 14.6 Å². The Hall–Kier alpha value is -0.620. The first kappa shape index (κ1) is 14.4. The van der Waals surface area contributed by atoms with Crippen LogP contribution >= 0.6 is 0 Å². The third-order valence-corrected chi connectivity index (χ3v) is 4.94. The van der Waals surface area contributed by atoms with E-state index in [0.29, 0.717) is 19.4 Å². The molecule has 1 saturated heterocycles. The first-order valence-electron chi connectivity index (χ1n) is 6.17. The van der Waals surface area contributed by atoms with E-state index < -0.39 is 15.9 Å². The van der Waals surface area contributed by atoms with Gasteiger partial charge in [0.1, 0.15) is 0 Å². The average Bonchev–Trinajstić information content (AvgIpc) is 2.60. The molecule has 0 aromatic rings. The highest BCUT2D eigenvalue weighted by atomic mass is 32.2. The Morgan fingerprint density at radius 1 is 1.47 bits per heavy atom. The van der Waals surface area contributed by atoms with Gasteiger partial charge in [0, 0.05) is 12.6 Å². The third-order valence-electron chi connectivity index (χ3n) is 3.19. The third kappa shape index (κ3) is 3.67. The Morgan fingerprint density at radius 2 is 2.12 bits per heavy atom. The van der Waals surface area contributed by atoms with E-state index in [1.165, 1.54) is 0 Å². The minimum absolute atomic E-state index is 0.0887. The summed E-state index contributed by atoms with van der Waals surface area (Å²) < 4.78 is 22.8. The molecule has 1 unspecified atom stereocenters. The molecular weight excluding hydrogens is 240 g/mol. The molecule has 1 fully saturated rings. The minimum atomic E-state index is -2.96. The van der Waals surface area contributed by atoms with E-state index in [-0.39, 0.29) is 23.5 Å². The lowest BCUT2D eigenvalue weighted by Gasteiger charge is -2.29. The smallest absolute Gasteiger partial charge is 0.239 e. The molecule has 5 nitrogen and oxygen atoms in total. The zero-order valence-electron chi connectivity index (χ0n) is 10.6. The number of amides is 1. The van der Waals surface area contributed by atoms with Gasteiger partial charge in [-0.1, -0.05) is 13.3 Å². The maximum atomic E-state index is 12.1. The van der Waals surface area contributed by atoms with Gasteiger partial charge in [0.2, 0.25) is 5.91 Å². The summed E-state index contributed by atoms with van der Waals surface area (Å²) in [5, 5.41) is 0. The molecule has 1 amide bonds.